The summed E-state index contributed by atoms with van der Waals surface area (Å²) >= 11 is 0. The molecule has 2 aromatic carbocycles. The Hall–Kier alpha value is -2.45. The normalized spacial score (nSPS) is 20.3. The number of amides is 1. The predicted octanol–water partition coefficient (Wildman–Crippen LogP) is 4.48. The van der Waals surface area contributed by atoms with Gasteiger partial charge >= 0.3 is 6.18 Å². The maximum absolute atomic E-state index is 14.3. The van der Waals surface area contributed by atoms with Crippen molar-refractivity contribution in [3.8, 4) is 11.1 Å². The minimum atomic E-state index is -4.74. The number of hydrogen-bond donors (Lipinski definition) is 3. The molecule has 3 rings (SSSR count). The molecule has 168 valence electrons. The van der Waals surface area contributed by atoms with Gasteiger partial charge in [0.2, 0.25) is 5.91 Å². The van der Waals surface area contributed by atoms with Crippen molar-refractivity contribution in [1.29, 1.82) is 0 Å². The molecule has 0 heterocycles. The first-order chi connectivity index (χ1) is 14.7. The molecule has 0 aliphatic heterocycles. The van der Waals surface area contributed by atoms with Gasteiger partial charge in [-0.15, -0.1) is 0 Å². The number of rotatable bonds is 6. The van der Waals surface area contributed by atoms with Crippen molar-refractivity contribution in [1.82, 2.24) is 10.6 Å². The molecule has 3 N–H and O–H groups in total. The van der Waals surface area contributed by atoms with Crippen LogP contribution < -0.4 is 10.6 Å². The number of nitrogens with one attached hydrogen (secondary N) is 2. The van der Waals surface area contributed by atoms with Crippen LogP contribution in [-0.2, 0) is 11.3 Å². The van der Waals surface area contributed by atoms with Crippen LogP contribution in [0.1, 0.15) is 42.9 Å². The third kappa shape index (κ3) is 5.83. The zero-order valence-corrected chi connectivity index (χ0v) is 17.2. The summed E-state index contributed by atoms with van der Waals surface area (Å²) in [5.74, 6) is -0.639. The van der Waals surface area contributed by atoms with Gasteiger partial charge in [0.05, 0.1) is 0 Å². The van der Waals surface area contributed by atoms with E-state index in [1.54, 1.807) is 6.07 Å². The van der Waals surface area contributed by atoms with Gasteiger partial charge in [-0.25, -0.2) is 4.39 Å². The first-order valence-electron chi connectivity index (χ1n) is 10.3. The number of aliphatic hydroxyl groups is 1. The molecule has 0 spiro atoms. The van der Waals surface area contributed by atoms with Gasteiger partial charge in [0.1, 0.15) is 5.82 Å². The second kappa shape index (κ2) is 9.78. The Balaban J connectivity index is 1.66. The lowest BCUT2D eigenvalue weighted by molar-refractivity contribution is -0.206. The number of carbonyl (C=O) groups excluding carboxylic acids is 1. The molecule has 1 fully saturated rings. The van der Waals surface area contributed by atoms with Gasteiger partial charge in [0, 0.05) is 24.1 Å². The van der Waals surface area contributed by atoms with Gasteiger partial charge in [-0.3, -0.25) is 4.79 Å². The summed E-state index contributed by atoms with van der Waals surface area (Å²) in [7, 11) is 1.91. The van der Waals surface area contributed by atoms with E-state index < -0.39 is 18.1 Å². The van der Waals surface area contributed by atoms with Crippen molar-refractivity contribution in [3.05, 3.63) is 59.4 Å². The van der Waals surface area contributed by atoms with Crippen LogP contribution in [0, 0.1) is 11.7 Å². The maximum Gasteiger partial charge on any atom is 0.418 e. The van der Waals surface area contributed by atoms with E-state index in [0.29, 0.717) is 22.7 Å². The number of hydrogen-bond acceptors (Lipinski definition) is 3. The number of alkyl halides is 3. The summed E-state index contributed by atoms with van der Waals surface area (Å²) in [5, 5.41) is 15.4. The minimum Gasteiger partial charge on any atom is -0.379 e. The molecule has 1 aliphatic carbocycles. The van der Waals surface area contributed by atoms with Gasteiger partial charge in [0.25, 0.3) is 0 Å². The molecule has 8 heteroatoms. The minimum absolute atomic E-state index is 0.0370. The van der Waals surface area contributed by atoms with Crippen molar-refractivity contribution in [2.75, 3.05) is 7.05 Å². The first kappa shape index (κ1) is 23.2. The molecular weight excluding hydrogens is 412 g/mol. The van der Waals surface area contributed by atoms with Crippen LogP contribution in [0.3, 0.4) is 0 Å². The Bertz CT molecular complexity index is 891. The summed E-state index contributed by atoms with van der Waals surface area (Å²) in [6.07, 6.45) is -3.86. The van der Waals surface area contributed by atoms with E-state index in [0.717, 1.165) is 25.7 Å². The van der Waals surface area contributed by atoms with E-state index in [4.69, 9.17) is 0 Å². The van der Waals surface area contributed by atoms with E-state index in [2.05, 4.69) is 10.6 Å². The van der Waals surface area contributed by atoms with E-state index in [1.165, 1.54) is 36.4 Å². The number of aliphatic hydroxyl groups excluding tert-OH is 1. The van der Waals surface area contributed by atoms with Crippen LogP contribution in [0.25, 0.3) is 11.1 Å². The SMILES string of the molecule is CNC1CCC(C(=O)NCc2cc(-c3ccc(C(O)C(F)(F)F)cc3)ccc2F)CC1. The fraction of sp³-hybridized carbons (Fsp3) is 0.435. The Morgan fingerprint density at radius 2 is 1.68 bits per heavy atom. The zero-order valence-electron chi connectivity index (χ0n) is 17.2. The molecule has 1 unspecified atom stereocenters. The average Bonchev–Trinajstić information content (AvgIpc) is 2.77. The molecule has 0 radical (unpaired) electrons. The average molecular weight is 438 g/mol. The van der Waals surface area contributed by atoms with Gasteiger partial charge in [-0.1, -0.05) is 30.3 Å². The van der Waals surface area contributed by atoms with E-state index in [1.807, 2.05) is 7.05 Å². The monoisotopic (exact) mass is 438 g/mol. The lowest BCUT2D eigenvalue weighted by atomic mass is 9.85. The van der Waals surface area contributed by atoms with Gasteiger partial charge < -0.3 is 15.7 Å². The number of halogens is 4. The summed E-state index contributed by atoms with van der Waals surface area (Å²) < 4.78 is 52.2. The van der Waals surface area contributed by atoms with Crippen LogP contribution in [0.2, 0.25) is 0 Å². The van der Waals surface area contributed by atoms with Crippen molar-refractivity contribution in [3.63, 3.8) is 0 Å². The lowest BCUT2D eigenvalue weighted by Crippen LogP contribution is -2.37. The summed E-state index contributed by atoms with van der Waals surface area (Å²) in [4.78, 5) is 12.4. The molecule has 0 aromatic heterocycles. The molecule has 1 atom stereocenters. The van der Waals surface area contributed by atoms with E-state index in [9.17, 15) is 27.5 Å². The lowest BCUT2D eigenvalue weighted by Gasteiger charge is -2.27. The molecule has 1 saturated carbocycles. The molecular formula is C23H26F4N2O2. The second-order valence-corrected chi connectivity index (χ2v) is 7.93. The van der Waals surface area contributed by atoms with Crippen molar-refractivity contribution < 1.29 is 27.5 Å². The smallest absolute Gasteiger partial charge is 0.379 e. The number of benzene rings is 2. The summed E-state index contributed by atoms with van der Waals surface area (Å²) in [6.45, 7) is 0.0370. The standard InChI is InChI=1S/C23H26F4N2O2/c1-28-19-9-6-16(7-10-19)22(31)29-13-18-12-17(8-11-20(18)24)14-2-4-15(5-3-14)21(30)23(25,26)27/h2-5,8,11-12,16,19,21,28,30H,6-7,9-10,13H2,1H3,(H,29,31). The highest BCUT2D eigenvalue weighted by Crippen LogP contribution is 2.33. The van der Waals surface area contributed by atoms with E-state index in [-0.39, 0.29) is 23.9 Å². The molecule has 0 bridgehead atoms. The van der Waals surface area contributed by atoms with Crippen LogP contribution >= 0.6 is 0 Å². The largest absolute Gasteiger partial charge is 0.418 e. The highest BCUT2D eigenvalue weighted by molar-refractivity contribution is 5.78. The van der Waals surface area contributed by atoms with Crippen LogP contribution in [0.5, 0.6) is 0 Å². The maximum atomic E-state index is 14.3. The third-order valence-electron chi connectivity index (χ3n) is 5.87. The van der Waals surface area contributed by atoms with E-state index >= 15 is 0 Å². The second-order valence-electron chi connectivity index (χ2n) is 7.93. The molecule has 1 aliphatic rings. The van der Waals surface area contributed by atoms with Gasteiger partial charge in [-0.05, 0) is 61.6 Å². The van der Waals surface area contributed by atoms with Gasteiger partial charge in [0.15, 0.2) is 6.10 Å². The fourth-order valence-electron chi connectivity index (χ4n) is 3.91. The van der Waals surface area contributed by atoms with Crippen molar-refractivity contribution in [2.24, 2.45) is 5.92 Å². The quantitative estimate of drug-likeness (QED) is 0.583. The Labute approximate surface area is 178 Å². The fourth-order valence-corrected chi connectivity index (χ4v) is 3.91. The third-order valence-corrected chi connectivity index (χ3v) is 5.87. The van der Waals surface area contributed by atoms with Crippen LogP contribution in [-0.4, -0.2) is 30.3 Å². The van der Waals surface area contributed by atoms with Crippen molar-refractivity contribution in [2.45, 2.75) is 50.6 Å². The molecule has 31 heavy (non-hydrogen) atoms. The number of carbonyl (C=O) groups is 1. The van der Waals surface area contributed by atoms with Crippen LogP contribution in [0.4, 0.5) is 17.6 Å². The van der Waals surface area contributed by atoms with Crippen LogP contribution in [0.15, 0.2) is 42.5 Å². The summed E-state index contributed by atoms with van der Waals surface area (Å²) in [6, 6.07) is 10.1. The molecule has 0 saturated heterocycles. The molecule has 2 aromatic rings. The first-order valence-corrected chi connectivity index (χ1v) is 10.3. The predicted molar refractivity (Wildman–Crippen MR) is 110 cm³/mol. The Morgan fingerprint density at radius 1 is 1.06 bits per heavy atom. The highest BCUT2D eigenvalue weighted by Gasteiger charge is 2.39. The zero-order chi connectivity index (χ0) is 22.6. The van der Waals surface area contributed by atoms with Crippen molar-refractivity contribution >= 4 is 5.91 Å². The topological polar surface area (TPSA) is 61.4 Å². The Morgan fingerprint density at radius 3 is 2.26 bits per heavy atom. The molecule has 1 amide bonds. The molecule has 4 nitrogen and oxygen atoms in total. The summed E-state index contributed by atoms with van der Waals surface area (Å²) in [5.41, 5.74) is 1.22. The highest BCUT2D eigenvalue weighted by atomic mass is 19.4. The Kier molecular flexibility index (Phi) is 7.33. The van der Waals surface area contributed by atoms with Gasteiger partial charge in [-0.2, -0.15) is 13.2 Å².